The van der Waals surface area contributed by atoms with Crippen molar-refractivity contribution in [1.82, 2.24) is 9.13 Å². The standard InChI is InChI=1S/C37H31N3O3S/c1-4-43-36(42)33-24(3)38-37-40(34(33)30-14-9-11-26-10-5-6-12-28(26)30)35(41)32(44-37)20-27-22-39(31-15-8-7-13-29(27)31)21-25-18-16-23(2)17-19-25/h5-20,22,34H,4,21H2,1-3H3. The summed E-state index contributed by atoms with van der Waals surface area (Å²) in [5.41, 5.74) is 6.12. The first kappa shape index (κ1) is 27.8. The SMILES string of the molecule is CCOC(=O)C1=C(C)N=c2sc(=Cc3cn(Cc4ccc(C)cc4)c4ccccc34)c(=O)n2C1c1cccc2ccccc12. The van der Waals surface area contributed by atoms with Crippen molar-refractivity contribution in [3.8, 4) is 0 Å². The molecule has 4 aromatic carbocycles. The number of benzene rings is 4. The first-order chi connectivity index (χ1) is 21.4. The summed E-state index contributed by atoms with van der Waals surface area (Å²) in [4.78, 5) is 33.1. The summed E-state index contributed by atoms with van der Waals surface area (Å²) in [5.74, 6) is -0.458. The van der Waals surface area contributed by atoms with Crippen molar-refractivity contribution in [2.45, 2.75) is 33.4 Å². The van der Waals surface area contributed by atoms with Gasteiger partial charge < -0.3 is 9.30 Å². The van der Waals surface area contributed by atoms with Gasteiger partial charge in [0.05, 0.1) is 28.5 Å². The number of aryl methyl sites for hydroxylation is 1. The molecule has 0 amide bonds. The number of carbonyl (C=O) groups excluding carboxylic acids is 1. The van der Waals surface area contributed by atoms with Crippen LogP contribution in [0.1, 0.15) is 42.1 Å². The minimum absolute atomic E-state index is 0.184. The van der Waals surface area contributed by atoms with Crippen molar-refractivity contribution in [1.29, 1.82) is 0 Å². The van der Waals surface area contributed by atoms with Crippen molar-refractivity contribution in [2.24, 2.45) is 4.99 Å². The lowest BCUT2D eigenvalue weighted by atomic mass is 9.91. The highest BCUT2D eigenvalue weighted by Crippen LogP contribution is 2.35. The Kier molecular flexibility index (Phi) is 7.10. The van der Waals surface area contributed by atoms with Gasteiger partial charge in [0, 0.05) is 29.2 Å². The number of para-hydroxylation sites is 1. The molecule has 6 nitrogen and oxygen atoms in total. The lowest BCUT2D eigenvalue weighted by Crippen LogP contribution is -2.40. The van der Waals surface area contributed by atoms with Crippen LogP contribution in [0.3, 0.4) is 0 Å². The zero-order chi connectivity index (χ0) is 30.4. The van der Waals surface area contributed by atoms with Gasteiger partial charge in [-0.05, 0) is 54.8 Å². The smallest absolute Gasteiger partial charge is 0.338 e. The van der Waals surface area contributed by atoms with Crippen LogP contribution in [0.15, 0.2) is 118 Å². The molecule has 6 aromatic rings. The van der Waals surface area contributed by atoms with E-state index in [9.17, 15) is 9.59 Å². The van der Waals surface area contributed by atoms with E-state index in [-0.39, 0.29) is 12.2 Å². The molecule has 2 aromatic heterocycles. The molecule has 1 unspecified atom stereocenters. The summed E-state index contributed by atoms with van der Waals surface area (Å²) in [6.07, 6.45) is 4.07. The monoisotopic (exact) mass is 597 g/mol. The van der Waals surface area contributed by atoms with Gasteiger partial charge in [0.25, 0.3) is 5.56 Å². The van der Waals surface area contributed by atoms with Crippen LogP contribution in [-0.4, -0.2) is 21.7 Å². The Morgan fingerprint density at radius 1 is 0.932 bits per heavy atom. The molecule has 0 saturated heterocycles. The van der Waals surface area contributed by atoms with E-state index in [0.717, 1.165) is 39.3 Å². The molecule has 0 N–H and O–H groups in total. The number of carbonyl (C=O) groups is 1. The fraction of sp³-hybridized carbons (Fsp3) is 0.162. The van der Waals surface area contributed by atoms with Gasteiger partial charge in [0.15, 0.2) is 4.80 Å². The van der Waals surface area contributed by atoms with E-state index in [1.807, 2.05) is 67.6 Å². The third-order valence-corrected chi connectivity index (χ3v) is 9.20. The molecule has 1 aliphatic rings. The lowest BCUT2D eigenvalue weighted by molar-refractivity contribution is -0.139. The molecule has 0 bridgehead atoms. The van der Waals surface area contributed by atoms with Gasteiger partial charge in [-0.25, -0.2) is 9.79 Å². The normalized spacial score (nSPS) is 15.1. The summed E-state index contributed by atoms with van der Waals surface area (Å²) in [6, 6.07) is 30.2. The van der Waals surface area contributed by atoms with Gasteiger partial charge in [-0.2, -0.15) is 0 Å². The third-order valence-electron chi connectivity index (χ3n) is 8.21. The fourth-order valence-corrected chi connectivity index (χ4v) is 7.16. The molecule has 0 saturated carbocycles. The average molecular weight is 598 g/mol. The summed E-state index contributed by atoms with van der Waals surface area (Å²) in [7, 11) is 0. The largest absolute Gasteiger partial charge is 0.463 e. The molecule has 3 heterocycles. The van der Waals surface area contributed by atoms with Gasteiger partial charge in [0.1, 0.15) is 0 Å². The number of fused-ring (bicyclic) bond motifs is 3. The van der Waals surface area contributed by atoms with Crippen LogP contribution in [-0.2, 0) is 16.1 Å². The molecule has 44 heavy (non-hydrogen) atoms. The van der Waals surface area contributed by atoms with Gasteiger partial charge in [-0.15, -0.1) is 0 Å². The van der Waals surface area contributed by atoms with Gasteiger partial charge in [-0.3, -0.25) is 9.36 Å². The second-order valence-electron chi connectivity index (χ2n) is 11.1. The summed E-state index contributed by atoms with van der Waals surface area (Å²) in [6.45, 7) is 6.64. The third kappa shape index (κ3) is 4.79. The van der Waals surface area contributed by atoms with Crippen molar-refractivity contribution in [2.75, 3.05) is 6.61 Å². The number of thiazole rings is 1. The quantitative estimate of drug-likeness (QED) is 0.213. The molecule has 7 heteroatoms. The topological polar surface area (TPSA) is 65.6 Å². The van der Waals surface area contributed by atoms with Crippen LogP contribution in [0.4, 0.5) is 0 Å². The van der Waals surface area contributed by atoms with Crippen LogP contribution < -0.4 is 14.9 Å². The van der Waals surface area contributed by atoms with Gasteiger partial charge >= 0.3 is 5.97 Å². The van der Waals surface area contributed by atoms with Gasteiger partial charge in [0.2, 0.25) is 0 Å². The maximum absolute atomic E-state index is 14.3. The lowest BCUT2D eigenvalue weighted by Gasteiger charge is -2.25. The Balaban J connectivity index is 1.42. The van der Waals surface area contributed by atoms with Crippen LogP contribution in [0.5, 0.6) is 0 Å². The Labute approximate surface area is 258 Å². The maximum atomic E-state index is 14.3. The van der Waals surface area contributed by atoms with Crippen molar-refractivity contribution in [3.05, 3.63) is 150 Å². The Bertz CT molecular complexity index is 2280. The molecule has 0 spiro atoms. The number of ether oxygens (including phenoxy) is 1. The molecular weight excluding hydrogens is 566 g/mol. The molecular formula is C37H31N3O3S. The van der Waals surface area contributed by atoms with Crippen LogP contribution >= 0.6 is 11.3 Å². The number of nitrogens with zero attached hydrogens (tertiary/aromatic N) is 3. The highest BCUT2D eigenvalue weighted by Gasteiger charge is 2.34. The Morgan fingerprint density at radius 3 is 2.45 bits per heavy atom. The zero-order valence-electron chi connectivity index (χ0n) is 24.8. The van der Waals surface area contributed by atoms with Crippen LogP contribution in [0.25, 0.3) is 27.8 Å². The number of hydrogen-bond donors (Lipinski definition) is 0. The summed E-state index contributed by atoms with van der Waals surface area (Å²) in [5, 5.41) is 3.08. The summed E-state index contributed by atoms with van der Waals surface area (Å²) < 4.78 is 9.96. The molecule has 1 atom stereocenters. The zero-order valence-corrected chi connectivity index (χ0v) is 25.6. The molecule has 7 rings (SSSR count). The summed E-state index contributed by atoms with van der Waals surface area (Å²) >= 11 is 1.35. The van der Waals surface area contributed by atoms with E-state index in [2.05, 4.69) is 54.1 Å². The van der Waals surface area contributed by atoms with E-state index in [1.165, 1.54) is 22.5 Å². The first-order valence-electron chi connectivity index (χ1n) is 14.7. The van der Waals surface area contributed by atoms with Crippen molar-refractivity contribution >= 4 is 45.1 Å². The molecule has 218 valence electrons. The molecule has 0 aliphatic carbocycles. The number of hydrogen-bond acceptors (Lipinski definition) is 5. The van der Waals surface area contributed by atoms with Crippen LogP contribution in [0.2, 0.25) is 0 Å². The predicted octanol–water partition coefficient (Wildman–Crippen LogP) is 6.26. The predicted molar refractivity (Wildman–Crippen MR) is 177 cm³/mol. The maximum Gasteiger partial charge on any atom is 0.338 e. The average Bonchev–Trinajstić information content (AvgIpc) is 3.53. The minimum atomic E-state index is -0.665. The Hall–Kier alpha value is -5.01. The van der Waals surface area contributed by atoms with E-state index >= 15 is 0 Å². The minimum Gasteiger partial charge on any atom is -0.463 e. The number of esters is 1. The first-order valence-corrected chi connectivity index (χ1v) is 15.6. The number of aromatic nitrogens is 2. The fourth-order valence-electron chi connectivity index (χ4n) is 6.13. The molecule has 0 fully saturated rings. The van der Waals surface area contributed by atoms with Crippen molar-refractivity contribution < 1.29 is 9.53 Å². The highest BCUT2D eigenvalue weighted by atomic mass is 32.1. The van der Waals surface area contributed by atoms with E-state index in [0.29, 0.717) is 20.6 Å². The second kappa shape index (κ2) is 11.2. The number of rotatable bonds is 6. The van der Waals surface area contributed by atoms with E-state index < -0.39 is 12.0 Å². The Morgan fingerprint density at radius 2 is 1.66 bits per heavy atom. The molecule has 0 radical (unpaired) electrons. The highest BCUT2D eigenvalue weighted by molar-refractivity contribution is 7.07. The van der Waals surface area contributed by atoms with Crippen LogP contribution in [0, 0.1) is 6.92 Å². The number of allylic oxidation sites excluding steroid dienone is 1. The second-order valence-corrected chi connectivity index (χ2v) is 12.1. The van der Waals surface area contributed by atoms with E-state index in [1.54, 1.807) is 11.5 Å². The van der Waals surface area contributed by atoms with Gasteiger partial charge in [-0.1, -0.05) is 102 Å². The molecule has 1 aliphatic heterocycles. The van der Waals surface area contributed by atoms with E-state index in [4.69, 9.17) is 9.73 Å². The van der Waals surface area contributed by atoms with Crippen molar-refractivity contribution in [3.63, 3.8) is 0 Å².